The molecule has 0 amide bonds. The summed E-state index contributed by atoms with van der Waals surface area (Å²) in [5, 5.41) is 1.82. The molecule has 0 saturated carbocycles. The van der Waals surface area contributed by atoms with Crippen LogP contribution in [0.15, 0.2) is 0 Å². The van der Waals surface area contributed by atoms with E-state index in [1.54, 1.807) is 0 Å². The Hall–Kier alpha value is 0.570. The van der Waals surface area contributed by atoms with E-state index >= 15 is 0 Å². The number of hydrogen-bond acceptors (Lipinski definition) is 4. The molecule has 0 aromatic carbocycles. The molecule has 5 heteroatoms. The van der Waals surface area contributed by atoms with E-state index in [0.29, 0.717) is 6.17 Å². The zero-order chi connectivity index (χ0) is 6.15. The lowest BCUT2D eigenvalue weighted by molar-refractivity contribution is 0.196. The van der Waals surface area contributed by atoms with Gasteiger partial charge in [0.15, 0.2) is 0 Å². The van der Waals surface area contributed by atoms with Gasteiger partial charge in [0.1, 0.15) is 0 Å². The number of nitrogens with zero attached hydrogens (tertiary/aromatic N) is 2. The highest BCUT2D eigenvalue weighted by molar-refractivity contribution is 14.1. The number of nitrogens with one attached hydrogen (secondary N) is 2. The summed E-state index contributed by atoms with van der Waals surface area (Å²) < 4.78 is 1.96. The SMILES string of the molecule is CC1NN(C)NN1I. The van der Waals surface area contributed by atoms with Crippen LogP contribution in [0.25, 0.3) is 0 Å². The highest BCUT2D eigenvalue weighted by atomic mass is 127. The van der Waals surface area contributed by atoms with Gasteiger partial charge < -0.3 is 0 Å². The maximum absolute atomic E-state index is 3.11. The maximum atomic E-state index is 3.11. The monoisotopic (exact) mass is 228 g/mol. The summed E-state index contributed by atoms with van der Waals surface area (Å²) >= 11 is 2.19. The van der Waals surface area contributed by atoms with Crippen LogP contribution in [0.4, 0.5) is 0 Å². The van der Waals surface area contributed by atoms with Crippen LogP contribution in [-0.4, -0.2) is 21.6 Å². The van der Waals surface area contributed by atoms with E-state index in [9.17, 15) is 0 Å². The van der Waals surface area contributed by atoms with E-state index in [-0.39, 0.29) is 0 Å². The van der Waals surface area contributed by atoms with Crippen molar-refractivity contribution in [2.45, 2.75) is 13.1 Å². The molecule has 2 N–H and O–H groups in total. The summed E-state index contributed by atoms with van der Waals surface area (Å²) in [4.78, 5) is 0. The van der Waals surface area contributed by atoms with Gasteiger partial charge in [-0.25, -0.2) is 5.43 Å². The van der Waals surface area contributed by atoms with Gasteiger partial charge in [0.25, 0.3) is 0 Å². The minimum Gasteiger partial charge on any atom is -0.221 e. The fourth-order valence-electron chi connectivity index (χ4n) is 0.590. The van der Waals surface area contributed by atoms with Gasteiger partial charge in [-0.3, -0.25) is 0 Å². The first-order valence-corrected chi connectivity index (χ1v) is 3.38. The third-order valence-electron chi connectivity index (χ3n) is 0.966. The molecule has 1 aliphatic heterocycles. The van der Waals surface area contributed by atoms with Crippen molar-refractivity contribution < 1.29 is 0 Å². The standard InChI is InChI=1S/C3H9IN4/c1-3-5-7(2)6-8(3)4/h3,5-6H,1-2H3. The minimum absolute atomic E-state index is 0.376. The maximum Gasteiger partial charge on any atom is 0.0966 e. The van der Waals surface area contributed by atoms with Gasteiger partial charge in [0.2, 0.25) is 0 Å². The molecule has 1 rings (SSSR count). The van der Waals surface area contributed by atoms with Crippen LogP contribution in [0.2, 0.25) is 0 Å². The Balaban J connectivity index is 2.39. The second kappa shape index (κ2) is 2.44. The zero-order valence-corrected chi connectivity index (χ0v) is 7.01. The van der Waals surface area contributed by atoms with E-state index in [0.717, 1.165) is 0 Å². The van der Waals surface area contributed by atoms with Crippen LogP contribution in [0.3, 0.4) is 0 Å². The van der Waals surface area contributed by atoms with E-state index in [4.69, 9.17) is 0 Å². The number of hydrogen-bond donors (Lipinski definition) is 2. The second-order valence-corrected chi connectivity index (χ2v) is 2.81. The van der Waals surface area contributed by atoms with Crippen molar-refractivity contribution in [3.63, 3.8) is 0 Å². The lowest BCUT2D eigenvalue weighted by Gasteiger charge is -2.06. The Morgan fingerprint density at radius 1 is 1.62 bits per heavy atom. The molecule has 0 aliphatic carbocycles. The van der Waals surface area contributed by atoms with Gasteiger partial charge in [-0.15, -0.1) is 0 Å². The minimum atomic E-state index is 0.376. The van der Waals surface area contributed by atoms with Crippen LogP contribution in [-0.2, 0) is 0 Å². The van der Waals surface area contributed by atoms with Crippen molar-refractivity contribution in [2.75, 3.05) is 7.05 Å². The summed E-state index contributed by atoms with van der Waals surface area (Å²) in [5.74, 6) is 0. The molecule has 1 aliphatic rings. The van der Waals surface area contributed by atoms with Gasteiger partial charge in [0, 0.05) is 29.9 Å². The molecule has 0 aromatic heterocycles. The fourth-order valence-corrected chi connectivity index (χ4v) is 1.04. The first-order valence-electron chi connectivity index (χ1n) is 2.41. The van der Waals surface area contributed by atoms with Gasteiger partial charge >= 0.3 is 0 Å². The van der Waals surface area contributed by atoms with Crippen LogP contribution in [0, 0.1) is 0 Å². The summed E-state index contributed by atoms with van der Waals surface area (Å²) in [5.41, 5.74) is 6.12. The van der Waals surface area contributed by atoms with Crippen molar-refractivity contribution in [1.82, 2.24) is 19.3 Å². The molecule has 1 heterocycles. The number of rotatable bonds is 0. The molecule has 0 aromatic rings. The Morgan fingerprint density at radius 2 is 2.25 bits per heavy atom. The highest BCUT2D eigenvalue weighted by Crippen LogP contribution is 2.04. The van der Waals surface area contributed by atoms with E-state index in [1.807, 2.05) is 15.4 Å². The van der Waals surface area contributed by atoms with Crippen molar-refractivity contribution >= 4 is 22.9 Å². The quantitative estimate of drug-likeness (QED) is 0.446. The summed E-state index contributed by atoms with van der Waals surface area (Å²) in [6, 6.07) is 0. The van der Waals surface area contributed by atoms with Crippen molar-refractivity contribution in [2.24, 2.45) is 0 Å². The van der Waals surface area contributed by atoms with Crippen molar-refractivity contribution in [3.05, 3.63) is 0 Å². The average Bonchev–Trinajstić information content (AvgIpc) is 1.85. The van der Waals surface area contributed by atoms with Gasteiger partial charge in [0.05, 0.1) is 6.17 Å². The zero-order valence-electron chi connectivity index (χ0n) is 4.85. The van der Waals surface area contributed by atoms with Crippen LogP contribution < -0.4 is 11.0 Å². The first kappa shape index (κ1) is 6.69. The molecule has 1 atom stereocenters. The van der Waals surface area contributed by atoms with Gasteiger partial charge in [-0.2, -0.15) is 13.9 Å². The smallest absolute Gasteiger partial charge is 0.0966 e. The highest BCUT2D eigenvalue weighted by Gasteiger charge is 2.19. The molecule has 0 bridgehead atoms. The lowest BCUT2D eigenvalue weighted by atomic mass is 10.6. The average molecular weight is 228 g/mol. The normalized spacial score (nSPS) is 34.1. The Morgan fingerprint density at radius 3 is 2.38 bits per heavy atom. The fraction of sp³-hybridized carbons (Fsp3) is 1.00. The van der Waals surface area contributed by atoms with E-state index in [1.165, 1.54) is 0 Å². The summed E-state index contributed by atoms with van der Waals surface area (Å²) in [6.07, 6.45) is 0.376. The molecule has 8 heavy (non-hydrogen) atoms. The molecule has 4 nitrogen and oxygen atoms in total. The van der Waals surface area contributed by atoms with Crippen molar-refractivity contribution in [1.29, 1.82) is 0 Å². The largest absolute Gasteiger partial charge is 0.221 e. The van der Waals surface area contributed by atoms with E-state index < -0.39 is 0 Å². The lowest BCUT2D eigenvalue weighted by Crippen LogP contribution is -2.35. The Bertz CT molecular complexity index is 77.4. The number of hydrazine groups is 3. The predicted molar refractivity (Wildman–Crippen MR) is 39.4 cm³/mol. The summed E-state index contributed by atoms with van der Waals surface area (Å²) in [7, 11) is 1.93. The molecule has 1 unspecified atom stereocenters. The molecule has 0 spiro atoms. The Labute approximate surface area is 62.6 Å². The molecule has 48 valence electrons. The van der Waals surface area contributed by atoms with Crippen LogP contribution in [0.5, 0.6) is 0 Å². The molecule has 1 saturated heterocycles. The first-order chi connectivity index (χ1) is 3.70. The molecule has 1 fully saturated rings. The summed E-state index contributed by atoms with van der Waals surface area (Å²) in [6.45, 7) is 2.07. The van der Waals surface area contributed by atoms with Gasteiger partial charge in [-0.1, -0.05) is 0 Å². The predicted octanol–water partition coefficient (Wildman–Crippen LogP) is -0.146. The van der Waals surface area contributed by atoms with E-state index in [2.05, 4.69) is 40.7 Å². The molecule has 0 radical (unpaired) electrons. The molecular formula is C3H9IN4. The topological polar surface area (TPSA) is 30.5 Å². The third kappa shape index (κ3) is 1.29. The third-order valence-corrected chi connectivity index (χ3v) is 2.02. The molecular weight excluding hydrogens is 219 g/mol. The second-order valence-electron chi connectivity index (χ2n) is 1.78. The van der Waals surface area contributed by atoms with Crippen LogP contribution >= 0.6 is 22.9 Å². The van der Waals surface area contributed by atoms with Gasteiger partial charge in [-0.05, 0) is 6.92 Å². The van der Waals surface area contributed by atoms with Crippen molar-refractivity contribution in [3.8, 4) is 0 Å². The van der Waals surface area contributed by atoms with Crippen LogP contribution in [0.1, 0.15) is 6.92 Å². The number of halogens is 1. The Kier molecular flexibility index (Phi) is 2.04.